The third-order valence-corrected chi connectivity index (χ3v) is 5.68. The number of ether oxygens (including phenoxy) is 1. The third-order valence-electron chi connectivity index (χ3n) is 3.85. The molecular weight excluding hydrogens is 359 g/mol. The average molecular weight is 380 g/mol. The highest BCUT2D eigenvalue weighted by molar-refractivity contribution is 7.89. The van der Waals surface area contributed by atoms with E-state index in [4.69, 9.17) is 4.74 Å². The van der Waals surface area contributed by atoms with E-state index in [2.05, 4.69) is 5.32 Å². The second-order valence-electron chi connectivity index (χ2n) is 5.62. The first-order valence-electron chi connectivity index (χ1n) is 7.97. The number of nitrogens with zero attached hydrogens (tertiary/aromatic N) is 1. The molecule has 26 heavy (non-hydrogen) atoms. The standard InChI is InChI=1S/C18H21FN2O4S/c1-4-13-7-5-6-8-15(13)20-18(22)12-21(2)26(23,24)17-11-14(19)9-10-16(17)25-3/h5-11H,4,12H2,1-3H3,(H,20,22). The molecule has 0 saturated carbocycles. The van der Waals surface area contributed by atoms with Gasteiger partial charge in [-0.25, -0.2) is 12.8 Å². The monoisotopic (exact) mass is 380 g/mol. The number of anilines is 1. The summed E-state index contributed by atoms with van der Waals surface area (Å²) in [7, 11) is -1.55. The molecule has 0 spiro atoms. The number of likely N-dealkylation sites (N-methyl/N-ethyl adjacent to an activating group) is 1. The zero-order valence-electron chi connectivity index (χ0n) is 14.8. The van der Waals surface area contributed by atoms with Crippen LogP contribution in [0.4, 0.5) is 10.1 Å². The normalized spacial score (nSPS) is 11.4. The van der Waals surface area contributed by atoms with Crippen molar-refractivity contribution in [2.24, 2.45) is 0 Å². The number of nitrogens with one attached hydrogen (secondary N) is 1. The van der Waals surface area contributed by atoms with Crippen LogP contribution in [0.25, 0.3) is 0 Å². The predicted molar refractivity (Wildman–Crippen MR) is 97.2 cm³/mol. The van der Waals surface area contributed by atoms with E-state index in [1.165, 1.54) is 20.2 Å². The van der Waals surface area contributed by atoms with Gasteiger partial charge in [0.05, 0.1) is 13.7 Å². The van der Waals surface area contributed by atoms with Crippen molar-refractivity contribution >= 4 is 21.6 Å². The summed E-state index contributed by atoms with van der Waals surface area (Å²) in [5, 5.41) is 2.71. The SMILES string of the molecule is CCc1ccccc1NC(=O)CN(C)S(=O)(=O)c1cc(F)ccc1OC. The smallest absolute Gasteiger partial charge is 0.247 e. The minimum Gasteiger partial charge on any atom is -0.495 e. The fraction of sp³-hybridized carbons (Fsp3) is 0.278. The number of amides is 1. The van der Waals surface area contributed by atoms with Gasteiger partial charge < -0.3 is 10.1 Å². The summed E-state index contributed by atoms with van der Waals surface area (Å²) in [6.45, 7) is 1.54. The van der Waals surface area contributed by atoms with Gasteiger partial charge >= 0.3 is 0 Å². The van der Waals surface area contributed by atoms with Gasteiger partial charge in [-0.05, 0) is 36.2 Å². The number of halogens is 1. The Balaban J connectivity index is 2.19. The maximum atomic E-state index is 13.5. The summed E-state index contributed by atoms with van der Waals surface area (Å²) < 4.78 is 44.7. The first-order chi connectivity index (χ1) is 12.3. The van der Waals surface area contributed by atoms with Gasteiger partial charge in [-0.2, -0.15) is 4.31 Å². The van der Waals surface area contributed by atoms with Gasteiger partial charge in [-0.1, -0.05) is 25.1 Å². The van der Waals surface area contributed by atoms with E-state index in [0.29, 0.717) is 5.69 Å². The topological polar surface area (TPSA) is 75.7 Å². The van der Waals surface area contributed by atoms with Gasteiger partial charge in [-0.3, -0.25) is 4.79 Å². The quantitative estimate of drug-likeness (QED) is 0.801. The number of para-hydroxylation sites is 1. The number of carbonyl (C=O) groups excluding carboxylic acids is 1. The summed E-state index contributed by atoms with van der Waals surface area (Å²) in [5.74, 6) is -1.19. The number of rotatable bonds is 7. The van der Waals surface area contributed by atoms with Crippen molar-refractivity contribution < 1.29 is 22.3 Å². The lowest BCUT2D eigenvalue weighted by Gasteiger charge is -2.19. The maximum Gasteiger partial charge on any atom is 0.247 e. The molecule has 1 N–H and O–H groups in total. The second-order valence-corrected chi connectivity index (χ2v) is 7.63. The van der Waals surface area contributed by atoms with Crippen LogP contribution < -0.4 is 10.1 Å². The Morgan fingerprint density at radius 1 is 1.23 bits per heavy atom. The number of benzene rings is 2. The highest BCUT2D eigenvalue weighted by Crippen LogP contribution is 2.27. The van der Waals surface area contributed by atoms with Crippen LogP contribution in [0, 0.1) is 5.82 Å². The zero-order chi connectivity index (χ0) is 19.3. The van der Waals surface area contributed by atoms with E-state index in [0.717, 1.165) is 28.4 Å². The number of aryl methyl sites for hydroxylation is 1. The molecule has 0 atom stereocenters. The van der Waals surface area contributed by atoms with E-state index in [-0.39, 0.29) is 10.6 Å². The molecule has 0 fully saturated rings. The van der Waals surface area contributed by atoms with Crippen molar-refractivity contribution in [3.8, 4) is 5.75 Å². The van der Waals surface area contributed by atoms with E-state index in [9.17, 15) is 17.6 Å². The minimum atomic E-state index is -4.10. The van der Waals surface area contributed by atoms with Crippen LogP contribution in [0.3, 0.4) is 0 Å². The van der Waals surface area contributed by atoms with Crippen LogP contribution >= 0.6 is 0 Å². The Hall–Kier alpha value is -2.45. The van der Waals surface area contributed by atoms with Crippen molar-refractivity contribution in [3.05, 3.63) is 53.8 Å². The third kappa shape index (κ3) is 4.39. The van der Waals surface area contributed by atoms with Gasteiger partial charge in [0.1, 0.15) is 16.5 Å². The lowest BCUT2D eigenvalue weighted by molar-refractivity contribution is -0.116. The maximum absolute atomic E-state index is 13.5. The molecule has 0 saturated heterocycles. The second kappa shape index (κ2) is 8.29. The van der Waals surface area contributed by atoms with Crippen LogP contribution in [0.1, 0.15) is 12.5 Å². The first kappa shape index (κ1) is 19.9. The van der Waals surface area contributed by atoms with E-state index >= 15 is 0 Å². The summed E-state index contributed by atoms with van der Waals surface area (Å²) in [6, 6.07) is 10.5. The van der Waals surface area contributed by atoms with Crippen LogP contribution in [0.15, 0.2) is 47.4 Å². The summed E-state index contributed by atoms with van der Waals surface area (Å²) in [4.78, 5) is 11.9. The average Bonchev–Trinajstić information content (AvgIpc) is 2.61. The number of hydrogen-bond acceptors (Lipinski definition) is 4. The summed E-state index contributed by atoms with van der Waals surface area (Å²) in [6.07, 6.45) is 0.727. The Bertz CT molecular complexity index is 900. The molecule has 0 aliphatic heterocycles. The van der Waals surface area contributed by atoms with Crippen molar-refractivity contribution in [2.75, 3.05) is 26.0 Å². The van der Waals surface area contributed by atoms with Crippen LogP contribution in [0.5, 0.6) is 5.75 Å². The van der Waals surface area contributed by atoms with Gasteiger partial charge in [-0.15, -0.1) is 0 Å². The fourth-order valence-corrected chi connectivity index (χ4v) is 3.74. The van der Waals surface area contributed by atoms with Crippen molar-refractivity contribution in [1.29, 1.82) is 0 Å². The Labute approximate surface area is 152 Å². The first-order valence-corrected chi connectivity index (χ1v) is 9.41. The largest absolute Gasteiger partial charge is 0.495 e. The molecule has 8 heteroatoms. The van der Waals surface area contributed by atoms with Crippen LogP contribution in [0.2, 0.25) is 0 Å². The lowest BCUT2D eigenvalue weighted by Crippen LogP contribution is -2.35. The Morgan fingerprint density at radius 2 is 1.92 bits per heavy atom. The molecule has 2 rings (SSSR count). The number of hydrogen-bond donors (Lipinski definition) is 1. The predicted octanol–water partition coefficient (Wildman–Crippen LogP) is 2.66. The molecule has 1 amide bonds. The summed E-state index contributed by atoms with van der Waals surface area (Å²) >= 11 is 0. The molecule has 0 aliphatic rings. The van der Waals surface area contributed by atoms with Crippen molar-refractivity contribution in [1.82, 2.24) is 4.31 Å². The molecular formula is C18H21FN2O4S. The van der Waals surface area contributed by atoms with E-state index < -0.39 is 28.3 Å². The Morgan fingerprint density at radius 3 is 2.58 bits per heavy atom. The molecule has 2 aromatic rings. The molecule has 0 bridgehead atoms. The summed E-state index contributed by atoms with van der Waals surface area (Å²) in [5.41, 5.74) is 1.58. The fourth-order valence-electron chi connectivity index (χ4n) is 2.45. The number of methoxy groups -OCH3 is 1. The van der Waals surface area contributed by atoms with Gasteiger partial charge in [0.2, 0.25) is 15.9 Å². The molecule has 0 aromatic heterocycles. The van der Waals surface area contributed by atoms with Crippen LogP contribution in [-0.2, 0) is 21.2 Å². The highest BCUT2D eigenvalue weighted by Gasteiger charge is 2.27. The van der Waals surface area contributed by atoms with E-state index in [1.54, 1.807) is 12.1 Å². The van der Waals surface area contributed by atoms with Crippen molar-refractivity contribution in [3.63, 3.8) is 0 Å². The van der Waals surface area contributed by atoms with Gasteiger partial charge in [0.25, 0.3) is 0 Å². The molecule has 6 nitrogen and oxygen atoms in total. The lowest BCUT2D eigenvalue weighted by atomic mass is 10.1. The number of carbonyl (C=O) groups is 1. The zero-order valence-corrected chi connectivity index (χ0v) is 15.6. The molecule has 0 unspecified atom stereocenters. The minimum absolute atomic E-state index is 0.00925. The molecule has 0 radical (unpaired) electrons. The molecule has 0 heterocycles. The molecule has 0 aliphatic carbocycles. The van der Waals surface area contributed by atoms with Gasteiger partial charge in [0.15, 0.2) is 0 Å². The van der Waals surface area contributed by atoms with E-state index in [1.807, 2.05) is 19.1 Å². The molecule has 140 valence electrons. The molecule has 2 aromatic carbocycles. The van der Waals surface area contributed by atoms with Crippen LogP contribution in [-0.4, -0.2) is 39.3 Å². The Kier molecular flexibility index (Phi) is 6.33. The van der Waals surface area contributed by atoms with Crippen molar-refractivity contribution in [2.45, 2.75) is 18.2 Å². The number of sulfonamides is 1. The highest BCUT2D eigenvalue weighted by atomic mass is 32.2. The van der Waals surface area contributed by atoms with Gasteiger partial charge in [0, 0.05) is 12.7 Å².